The summed E-state index contributed by atoms with van der Waals surface area (Å²) in [5.41, 5.74) is 3.96. The fourth-order valence-electron chi connectivity index (χ4n) is 4.83. The predicted octanol–water partition coefficient (Wildman–Crippen LogP) is 4.30. The lowest BCUT2D eigenvalue weighted by atomic mass is 10.0. The van der Waals surface area contributed by atoms with Crippen LogP contribution >= 0.6 is 0 Å². The molecule has 1 amide bonds. The highest BCUT2D eigenvalue weighted by Gasteiger charge is 2.27. The van der Waals surface area contributed by atoms with Crippen molar-refractivity contribution < 1.29 is 13.2 Å². The number of carbonyl (C=O) groups excluding carboxylic acids is 1. The largest absolute Gasteiger partial charge is 0.324 e. The molecule has 1 unspecified atom stereocenters. The molecule has 1 aromatic heterocycles. The van der Waals surface area contributed by atoms with Gasteiger partial charge < -0.3 is 5.32 Å². The van der Waals surface area contributed by atoms with Gasteiger partial charge in [-0.25, -0.2) is 8.42 Å². The van der Waals surface area contributed by atoms with Crippen molar-refractivity contribution in [2.24, 2.45) is 0 Å². The van der Waals surface area contributed by atoms with E-state index in [-0.39, 0.29) is 16.4 Å². The fourth-order valence-corrected chi connectivity index (χ4v) is 6.35. The lowest BCUT2D eigenvalue weighted by Crippen LogP contribution is -2.33. The minimum Gasteiger partial charge on any atom is -0.324 e. The number of aryl methyl sites for hydroxylation is 3. The summed E-state index contributed by atoms with van der Waals surface area (Å²) in [5.74, 6) is -0.315. The second-order valence-corrected chi connectivity index (χ2v) is 11.0. The Morgan fingerprint density at radius 1 is 1.00 bits per heavy atom. The first-order valence-electron chi connectivity index (χ1n) is 11.7. The number of anilines is 1. The average Bonchev–Trinajstić information content (AvgIpc) is 3.33. The van der Waals surface area contributed by atoms with Gasteiger partial charge in [-0.3, -0.25) is 14.2 Å². The molecule has 1 aliphatic heterocycles. The van der Waals surface area contributed by atoms with Crippen molar-refractivity contribution in [2.75, 3.05) is 18.4 Å². The van der Waals surface area contributed by atoms with Gasteiger partial charge in [-0.15, -0.1) is 0 Å². The van der Waals surface area contributed by atoms with E-state index in [9.17, 15) is 18.0 Å². The zero-order chi connectivity index (χ0) is 24.6. The zero-order valence-corrected chi connectivity index (χ0v) is 20.9. The Balaban J connectivity index is 1.65. The summed E-state index contributed by atoms with van der Waals surface area (Å²) in [4.78, 5) is 26.6. The molecule has 1 saturated heterocycles. The van der Waals surface area contributed by atoms with E-state index in [1.54, 1.807) is 22.8 Å². The van der Waals surface area contributed by atoms with E-state index in [0.29, 0.717) is 25.2 Å². The average molecular weight is 482 g/mol. The molecule has 0 aliphatic carbocycles. The molecule has 1 N–H and O–H groups in total. The molecule has 1 aliphatic rings. The minimum atomic E-state index is -3.52. The van der Waals surface area contributed by atoms with Crippen molar-refractivity contribution in [3.05, 3.63) is 69.5 Å². The minimum absolute atomic E-state index is 0.214. The predicted molar refractivity (Wildman–Crippen MR) is 135 cm³/mol. The van der Waals surface area contributed by atoms with Crippen molar-refractivity contribution in [3.8, 4) is 0 Å². The molecule has 8 heteroatoms. The number of sulfonamides is 1. The van der Waals surface area contributed by atoms with Crippen molar-refractivity contribution >= 4 is 32.5 Å². The van der Waals surface area contributed by atoms with Gasteiger partial charge in [0.25, 0.3) is 5.56 Å². The summed E-state index contributed by atoms with van der Waals surface area (Å²) >= 11 is 0. The number of pyridine rings is 1. The first-order chi connectivity index (χ1) is 16.1. The molecule has 34 heavy (non-hydrogen) atoms. The lowest BCUT2D eigenvalue weighted by molar-refractivity contribution is -0.119. The number of amides is 1. The van der Waals surface area contributed by atoms with Crippen LogP contribution in [0.2, 0.25) is 0 Å². The summed E-state index contributed by atoms with van der Waals surface area (Å²) in [5, 5.41) is 3.83. The van der Waals surface area contributed by atoms with E-state index in [1.165, 1.54) is 16.4 Å². The number of hydrogen-bond donors (Lipinski definition) is 1. The topological polar surface area (TPSA) is 88.5 Å². The van der Waals surface area contributed by atoms with Gasteiger partial charge in [0.2, 0.25) is 15.9 Å². The summed E-state index contributed by atoms with van der Waals surface area (Å²) in [6.07, 6.45) is 2.18. The SMILES string of the molecule is CCC(C(=O)Nc1ccc(S(=O)(=O)N2CCCC2)cc1)n1c(=O)cc(C)c2cc(C)cc(C)c21. The zero-order valence-electron chi connectivity index (χ0n) is 20.1. The van der Waals surface area contributed by atoms with E-state index in [0.717, 1.165) is 40.4 Å². The highest BCUT2D eigenvalue weighted by Crippen LogP contribution is 2.27. The molecule has 4 rings (SSSR count). The Morgan fingerprint density at radius 2 is 1.65 bits per heavy atom. The van der Waals surface area contributed by atoms with Gasteiger partial charge in [0.15, 0.2) is 0 Å². The third kappa shape index (κ3) is 4.40. The van der Waals surface area contributed by atoms with Gasteiger partial charge in [-0.1, -0.05) is 18.6 Å². The van der Waals surface area contributed by atoms with Gasteiger partial charge in [0.05, 0.1) is 10.4 Å². The van der Waals surface area contributed by atoms with Crippen LogP contribution in [0.5, 0.6) is 0 Å². The summed E-state index contributed by atoms with van der Waals surface area (Å²) in [7, 11) is -3.52. The Labute approximate surface area is 200 Å². The molecule has 3 aromatic rings. The normalized spacial score (nSPS) is 15.5. The highest BCUT2D eigenvalue weighted by atomic mass is 32.2. The van der Waals surface area contributed by atoms with Crippen LogP contribution in [-0.4, -0.2) is 36.3 Å². The quantitative estimate of drug-likeness (QED) is 0.569. The smallest absolute Gasteiger partial charge is 0.252 e. The van der Waals surface area contributed by atoms with E-state index >= 15 is 0 Å². The molecular weight excluding hydrogens is 450 g/mol. The number of carbonyl (C=O) groups is 1. The van der Waals surface area contributed by atoms with Crippen LogP contribution in [0.4, 0.5) is 5.69 Å². The molecule has 0 saturated carbocycles. The van der Waals surface area contributed by atoms with E-state index in [4.69, 9.17) is 0 Å². The lowest BCUT2D eigenvalue weighted by Gasteiger charge is -2.22. The fraction of sp³-hybridized carbons (Fsp3) is 0.385. The second kappa shape index (κ2) is 9.35. The van der Waals surface area contributed by atoms with Crippen LogP contribution in [0, 0.1) is 20.8 Å². The van der Waals surface area contributed by atoms with Crippen LogP contribution in [0.3, 0.4) is 0 Å². The maximum absolute atomic E-state index is 13.3. The van der Waals surface area contributed by atoms with Gasteiger partial charge in [-0.2, -0.15) is 4.31 Å². The van der Waals surface area contributed by atoms with Crippen LogP contribution in [0.1, 0.15) is 48.9 Å². The number of fused-ring (bicyclic) bond motifs is 1. The number of benzene rings is 2. The Morgan fingerprint density at radius 3 is 2.26 bits per heavy atom. The Kier molecular flexibility index (Phi) is 6.64. The van der Waals surface area contributed by atoms with Crippen molar-refractivity contribution in [1.29, 1.82) is 0 Å². The monoisotopic (exact) mass is 481 g/mol. The third-order valence-electron chi connectivity index (χ3n) is 6.51. The van der Waals surface area contributed by atoms with Crippen molar-refractivity contribution in [2.45, 2.75) is 57.9 Å². The van der Waals surface area contributed by atoms with Gasteiger partial charge in [0.1, 0.15) is 6.04 Å². The summed E-state index contributed by atoms with van der Waals surface area (Å²) in [6, 6.07) is 11.2. The molecule has 0 bridgehead atoms. The van der Waals surface area contributed by atoms with E-state index < -0.39 is 16.1 Å². The van der Waals surface area contributed by atoms with Crippen LogP contribution in [0.15, 0.2) is 52.2 Å². The van der Waals surface area contributed by atoms with Gasteiger partial charge in [0, 0.05) is 30.2 Å². The third-order valence-corrected chi connectivity index (χ3v) is 8.43. The summed E-state index contributed by atoms with van der Waals surface area (Å²) < 4.78 is 28.6. The van der Waals surface area contributed by atoms with Crippen LogP contribution in [0.25, 0.3) is 10.9 Å². The molecule has 7 nitrogen and oxygen atoms in total. The van der Waals surface area contributed by atoms with Crippen LogP contribution in [-0.2, 0) is 14.8 Å². The number of nitrogens with one attached hydrogen (secondary N) is 1. The van der Waals surface area contributed by atoms with Crippen LogP contribution < -0.4 is 10.9 Å². The molecule has 0 spiro atoms. The number of hydrogen-bond acceptors (Lipinski definition) is 4. The van der Waals surface area contributed by atoms with Gasteiger partial charge in [-0.05, 0) is 81.5 Å². The number of nitrogens with zero attached hydrogens (tertiary/aromatic N) is 2. The molecule has 0 radical (unpaired) electrons. The molecule has 180 valence electrons. The first kappa shape index (κ1) is 24.2. The number of aromatic nitrogens is 1. The molecule has 1 fully saturated rings. The first-order valence-corrected chi connectivity index (χ1v) is 13.1. The second-order valence-electron chi connectivity index (χ2n) is 9.06. The summed E-state index contributed by atoms with van der Waals surface area (Å²) in [6.45, 7) is 8.82. The molecule has 1 atom stereocenters. The van der Waals surface area contributed by atoms with E-state index in [2.05, 4.69) is 5.32 Å². The Bertz CT molecular complexity index is 1400. The van der Waals surface area contributed by atoms with Crippen molar-refractivity contribution in [3.63, 3.8) is 0 Å². The standard InChI is InChI=1S/C26H31N3O4S/c1-5-23(29-24(30)16-18(3)22-15-17(2)14-19(4)25(22)29)26(31)27-20-8-10-21(11-9-20)34(32,33)28-12-6-7-13-28/h8-11,14-16,23H,5-7,12-13H2,1-4H3,(H,27,31). The molecular formula is C26H31N3O4S. The number of rotatable bonds is 6. The Hall–Kier alpha value is -2.97. The maximum Gasteiger partial charge on any atom is 0.252 e. The highest BCUT2D eigenvalue weighted by molar-refractivity contribution is 7.89. The molecule has 2 aromatic carbocycles. The van der Waals surface area contributed by atoms with Crippen molar-refractivity contribution in [1.82, 2.24) is 8.87 Å². The molecule has 2 heterocycles. The maximum atomic E-state index is 13.3. The van der Waals surface area contributed by atoms with E-state index in [1.807, 2.05) is 39.8 Å². The van der Waals surface area contributed by atoms with Gasteiger partial charge >= 0.3 is 0 Å².